The number of carboxylic acids is 1. The predicted molar refractivity (Wildman–Crippen MR) is 116 cm³/mol. The number of nitrogens with one attached hydrogen (secondary N) is 1. The number of thiazole rings is 1. The first-order chi connectivity index (χ1) is 15.5. The van der Waals surface area contributed by atoms with E-state index in [1.165, 1.54) is 11.3 Å². The zero-order valence-corrected chi connectivity index (χ0v) is 18.4. The highest BCUT2D eigenvalue weighted by atomic mass is 32.1. The van der Waals surface area contributed by atoms with Crippen LogP contribution >= 0.6 is 11.3 Å². The summed E-state index contributed by atoms with van der Waals surface area (Å²) < 4.78 is 38.8. The van der Waals surface area contributed by atoms with Crippen LogP contribution in [0.1, 0.15) is 41.9 Å². The second-order valence-corrected chi connectivity index (χ2v) is 9.27. The molecular formula is C22H21F3N4O3S. The Bertz CT molecular complexity index is 1180. The first-order valence-corrected chi connectivity index (χ1v) is 11.0. The minimum absolute atomic E-state index is 0.0189. The predicted octanol–water partition coefficient (Wildman–Crippen LogP) is 5.13. The van der Waals surface area contributed by atoms with E-state index < -0.39 is 23.4 Å². The number of alkyl halides is 3. The van der Waals surface area contributed by atoms with E-state index in [0.29, 0.717) is 30.0 Å². The highest BCUT2D eigenvalue weighted by molar-refractivity contribution is 7.15. The van der Waals surface area contributed by atoms with Gasteiger partial charge in [-0.3, -0.25) is 4.79 Å². The van der Waals surface area contributed by atoms with Crippen LogP contribution in [-0.4, -0.2) is 31.1 Å². The molecule has 1 aromatic carbocycles. The van der Waals surface area contributed by atoms with Crippen molar-refractivity contribution in [2.45, 2.75) is 44.4 Å². The molecule has 3 N–H and O–H groups in total. The fraction of sp³-hybridized carbons (Fsp3) is 0.364. The van der Waals surface area contributed by atoms with E-state index in [-0.39, 0.29) is 18.3 Å². The fourth-order valence-electron chi connectivity index (χ4n) is 4.07. The molecule has 0 amide bonds. The Kier molecular flexibility index (Phi) is 6.10. The van der Waals surface area contributed by atoms with E-state index in [4.69, 9.17) is 5.11 Å². The molecule has 7 nitrogen and oxygen atoms in total. The standard InChI is InChI=1S/C22H21F3N4O3S/c1-12-6-14(9-15(7-12)28-20-26-5-3-17(29-20)22(23,24)25)16-11-27-19(33-16)21(32)4-2-13(10-21)8-18(30)31/h3,5-7,9,11,13,32H,2,4,8,10H2,1H3,(H,30,31)(H,26,28,29)/t13-,21+/m1/s1. The van der Waals surface area contributed by atoms with E-state index >= 15 is 0 Å². The lowest BCUT2D eigenvalue weighted by molar-refractivity contribution is -0.141. The Morgan fingerprint density at radius 3 is 2.82 bits per heavy atom. The Morgan fingerprint density at radius 1 is 1.30 bits per heavy atom. The summed E-state index contributed by atoms with van der Waals surface area (Å²) >= 11 is 1.32. The Balaban J connectivity index is 1.56. The number of hydrogen-bond donors (Lipinski definition) is 3. The van der Waals surface area contributed by atoms with Crippen LogP contribution in [0.15, 0.2) is 36.7 Å². The molecule has 1 fully saturated rings. The molecule has 11 heteroatoms. The fourth-order valence-corrected chi connectivity index (χ4v) is 5.10. The molecule has 2 heterocycles. The molecule has 0 saturated heterocycles. The lowest BCUT2D eigenvalue weighted by Crippen LogP contribution is -2.21. The van der Waals surface area contributed by atoms with E-state index in [1.807, 2.05) is 13.0 Å². The number of halogens is 3. The van der Waals surface area contributed by atoms with Crippen LogP contribution in [-0.2, 0) is 16.6 Å². The normalized spacial score (nSPS) is 20.7. The molecule has 174 valence electrons. The van der Waals surface area contributed by atoms with Crippen molar-refractivity contribution in [1.29, 1.82) is 0 Å². The molecule has 0 spiro atoms. The minimum atomic E-state index is -4.57. The van der Waals surface area contributed by atoms with Crippen LogP contribution in [0.25, 0.3) is 10.4 Å². The van der Waals surface area contributed by atoms with Crippen LogP contribution in [0.3, 0.4) is 0 Å². The first kappa shape index (κ1) is 23.1. The van der Waals surface area contributed by atoms with Crippen molar-refractivity contribution in [3.63, 3.8) is 0 Å². The van der Waals surface area contributed by atoms with Gasteiger partial charge >= 0.3 is 12.1 Å². The minimum Gasteiger partial charge on any atom is -0.481 e. The van der Waals surface area contributed by atoms with Crippen LogP contribution in [0, 0.1) is 12.8 Å². The topological polar surface area (TPSA) is 108 Å². The van der Waals surface area contributed by atoms with Crippen molar-refractivity contribution in [3.8, 4) is 10.4 Å². The van der Waals surface area contributed by atoms with Crippen LogP contribution in [0.5, 0.6) is 0 Å². The maximum atomic E-state index is 12.9. The van der Waals surface area contributed by atoms with Crippen LogP contribution in [0.4, 0.5) is 24.8 Å². The second-order valence-electron chi connectivity index (χ2n) is 8.24. The number of aliphatic hydroxyl groups is 1. The third kappa shape index (κ3) is 5.31. The number of anilines is 2. The van der Waals surface area contributed by atoms with Crippen molar-refractivity contribution in [2.75, 3.05) is 5.32 Å². The smallest absolute Gasteiger partial charge is 0.433 e. The van der Waals surface area contributed by atoms with Crippen LogP contribution < -0.4 is 5.32 Å². The van der Waals surface area contributed by atoms with Gasteiger partial charge in [0, 0.05) is 24.5 Å². The number of rotatable bonds is 6. The highest BCUT2D eigenvalue weighted by Gasteiger charge is 2.41. The average Bonchev–Trinajstić information content (AvgIpc) is 3.35. The molecule has 1 saturated carbocycles. The number of aliphatic carboxylic acids is 1. The van der Waals surface area contributed by atoms with Gasteiger partial charge in [-0.2, -0.15) is 13.2 Å². The number of aromatic nitrogens is 3. The molecule has 1 aliphatic carbocycles. The zero-order valence-electron chi connectivity index (χ0n) is 17.6. The van der Waals surface area contributed by atoms with Crippen molar-refractivity contribution in [3.05, 3.63) is 52.9 Å². The quantitative estimate of drug-likeness (QED) is 0.451. The Morgan fingerprint density at radius 2 is 2.09 bits per heavy atom. The molecule has 3 aromatic rings. The van der Waals surface area contributed by atoms with E-state index in [9.17, 15) is 23.1 Å². The maximum Gasteiger partial charge on any atom is 0.433 e. The summed E-state index contributed by atoms with van der Waals surface area (Å²) in [6, 6.07) is 6.22. The SMILES string of the molecule is Cc1cc(Nc2nccc(C(F)(F)F)n2)cc(-c2cnc([C@]3(O)CC[C@H](CC(=O)O)C3)s2)c1. The van der Waals surface area contributed by atoms with Gasteiger partial charge in [0.2, 0.25) is 5.95 Å². The summed E-state index contributed by atoms with van der Waals surface area (Å²) in [5.74, 6) is -1.15. The third-order valence-electron chi connectivity index (χ3n) is 5.52. The summed E-state index contributed by atoms with van der Waals surface area (Å²) in [6.07, 6.45) is -0.449. The highest BCUT2D eigenvalue weighted by Crippen LogP contribution is 2.46. The average molecular weight is 478 g/mol. The molecule has 2 aromatic heterocycles. The molecule has 1 aliphatic rings. The monoisotopic (exact) mass is 478 g/mol. The lowest BCUT2D eigenvalue weighted by Gasteiger charge is -2.19. The molecular weight excluding hydrogens is 457 g/mol. The molecule has 33 heavy (non-hydrogen) atoms. The van der Waals surface area contributed by atoms with Crippen LogP contribution in [0.2, 0.25) is 0 Å². The number of carboxylic acid groups (broad SMARTS) is 1. The van der Waals surface area contributed by atoms with Gasteiger partial charge in [0.1, 0.15) is 16.3 Å². The molecule has 0 unspecified atom stereocenters. The van der Waals surface area contributed by atoms with Gasteiger partial charge in [0.25, 0.3) is 0 Å². The molecule has 0 radical (unpaired) electrons. The first-order valence-electron chi connectivity index (χ1n) is 10.2. The molecule has 0 bridgehead atoms. The summed E-state index contributed by atoms with van der Waals surface area (Å²) in [7, 11) is 0. The van der Waals surface area contributed by atoms with E-state index in [1.54, 1.807) is 18.3 Å². The summed E-state index contributed by atoms with van der Waals surface area (Å²) in [5.41, 5.74) is -0.0407. The van der Waals surface area contributed by atoms with Crippen molar-refractivity contribution >= 4 is 28.9 Å². The summed E-state index contributed by atoms with van der Waals surface area (Å²) in [6.45, 7) is 1.85. The van der Waals surface area contributed by atoms with Gasteiger partial charge in [-0.25, -0.2) is 15.0 Å². The molecule has 0 aliphatic heterocycles. The van der Waals surface area contributed by atoms with Gasteiger partial charge in [0.05, 0.1) is 4.88 Å². The third-order valence-corrected chi connectivity index (χ3v) is 6.76. The number of benzene rings is 1. The second kappa shape index (κ2) is 8.71. The van der Waals surface area contributed by atoms with Gasteiger partial charge < -0.3 is 15.5 Å². The van der Waals surface area contributed by atoms with Gasteiger partial charge in [-0.1, -0.05) is 6.07 Å². The maximum absolute atomic E-state index is 12.9. The van der Waals surface area contributed by atoms with Crippen molar-refractivity contribution in [2.24, 2.45) is 5.92 Å². The number of carbonyl (C=O) groups is 1. The number of nitrogens with zero attached hydrogens (tertiary/aromatic N) is 3. The summed E-state index contributed by atoms with van der Waals surface area (Å²) in [5, 5.41) is 23.4. The van der Waals surface area contributed by atoms with E-state index in [2.05, 4.69) is 20.3 Å². The lowest BCUT2D eigenvalue weighted by atomic mass is 9.99. The van der Waals surface area contributed by atoms with Crippen molar-refractivity contribution in [1.82, 2.24) is 15.0 Å². The Hall–Kier alpha value is -3.05. The number of aryl methyl sites for hydroxylation is 1. The van der Waals surface area contributed by atoms with Gasteiger partial charge in [-0.15, -0.1) is 11.3 Å². The summed E-state index contributed by atoms with van der Waals surface area (Å²) in [4.78, 5) is 23.6. The largest absolute Gasteiger partial charge is 0.481 e. The number of hydrogen-bond acceptors (Lipinski definition) is 7. The Labute approximate surface area is 191 Å². The molecule has 2 atom stereocenters. The van der Waals surface area contributed by atoms with Crippen molar-refractivity contribution < 1.29 is 28.2 Å². The molecule has 4 rings (SSSR count). The van der Waals surface area contributed by atoms with Gasteiger partial charge in [0.15, 0.2) is 0 Å². The van der Waals surface area contributed by atoms with E-state index in [0.717, 1.165) is 28.3 Å². The zero-order chi connectivity index (χ0) is 23.8. The van der Waals surface area contributed by atoms with Gasteiger partial charge in [-0.05, 0) is 61.4 Å².